The predicted molar refractivity (Wildman–Crippen MR) is 99.2 cm³/mol. The van der Waals surface area contributed by atoms with Crippen molar-refractivity contribution in [1.82, 2.24) is 14.2 Å². The Hall–Kier alpha value is -1.54. The fourth-order valence-corrected chi connectivity index (χ4v) is 4.54. The van der Waals surface area contributed by atoms with Crippen LogP contribution < -0.4 is 0 Å². The van der Waals surface area contributed by atoms with Crippen molar-refractivity contribution in [3.8, 4) is 0 Å². The van der Waals surface area contributed by atoms with E-state index in [0.717, 1.165) is 24.9 Å². The Labute approximate surface area is 158 Å². The zero-order chi connectivity index (χ0) is 18.6. The number of aryl methyl sites for hydroxylation is 1. The van der Waals surface area contributed by atoms with Crippen LogP contribution in [-0.4, -0.2) is 55.3 Å². The van der Waals surface area contributed by atoms with Gasteiger partial charge in [-0.15, -0.1) is 0 Å². The Bertz CT molecular complexity index is 838. The molecule has 0 N–H and O–H groups in total. The number of halogens is 2. The van der Waals surface area contributed by atoms with Gasteiger partial charge in [0.05, 0.1) is 0 Å². The third-order valence-corrected chi connectivity index (χ3v) is 6.60. The lowest BCUT2D eigenvalue weighted by atomic mass is 10.1. The Morgan fingerprint density at radius 1 is 1.12 bits per heavy atom. The van der Waals surface area contributed by atoms with Crippen molar-refractivity contribution in [2.75, 3.05) is 32.7 Å². The summed E-state index contributed by atoms with van der Waals surface area (Å²) >= 11 is 5.72. The van der Waals surface area contributed by atoms with Gasteiger partial charge < -0.3 is 4.90 Å². The number of rotatable bonds is 6. The lowest BCUT2D eigenvalue weighted by Crippen LogP contribution is -2.48. The van der Waals surface area contributed by atoms with E-state index < -0.39 is 10.0 Å². The predicted octanol–water partition coefficient (Wildman–Crippen LogP) is 2.81. The molecular formula is C18H21ClFN3O2S. The van der Waals surface area contributed by atoms with Gasteiger partial charge in [0.25, 0.3) is 0 Å². The van der Waals surface area contributed by atoms with Gasteiger partial charge in [-0.3, -0.25) is 0 Å². The smallest absolute Gasteiger partial charge is 0.244 e. The van der Waals surface area contributed by atoms with E-state index in [0.29, 0.717) is 26.2 Å². The van der Waals surface area contributed by atoms with Crippen LogP contribution >= 0.6 is 11.6 Å². The van der Waals surface area contributed by atoms with Crippen molar-refractivity contribution < 1.29 is 12.8 Å². The summed E-state index contributed by atoms with van der Waals surface area (Å²) in [6.07, 6.45) is 3.02. The Morgan fingerprint density at radius 2 is 1.88 bits per heavy atom. The molecule has 1 aliphatic rings. The summed E-state index contributed by atoms with van der Waals surface area (Å²) in [5.74, 6) is -0.210. The minimum atomic E-state index is -3.53. The molecule has 3 rings (SSSR count). The van der Waals surface area contributed by atoms with Crippen molar-refractivity contribution in [1.29, 1.82) is 0 Å². The van der Waals surface area contributed by atoms with Crippen LogP contribution in [0.1, 0.15) is 12.0 Å². The van der Waals surface area contributed by atoms with E-state index in [1.807, 2.05) is 6.07 Å². The molecule has 140 valence electrons. The first-order valence-electron chi connectivity index (χ1n) is 8.54. The summed E-state index contributed by atoms with van der Waals surface area (Å²) in [6.45, 7) is 3.13. The maximum absolute atomic E-state index is 13.2. The molecule has 0 saturated carbocycles. The first kappa shape index (κ1) is 19.2. The van der Waals surface area contributed by atoms with Crippen molar-refractivity contribution in [2.24, 2.45) is 0 Å². The van der Waals surface area contributed by atoms with Crippen LogP contribution in [0.2, 0.25) is 5.15 Å². The highest BCUT2D eigenvalue weighted by Gasteiger charge is 2.28. The van der Waals surface area contributed by atoms with Crippen LogP contribution in [0.25, 0.3) is 0 Å². The lowest BCUT2D eigenvalue weighted by molar-refractivity contribution is 0.187. The van der Waals surface area contributed by atoms with Gasteiger partial charge in [-0.25, -0.2) is 17.8 Å². The number of piperazine rings is 1. The number of hydrogen-bond acceptors (Lipinski definition) is 4. The monoisotopic (exact) mass is 397 g/mol. The van der Waals surface area contributed by atoms with Crippen molar-refractivity contribution in [2.45, 2.75) is 17.7 Å². The van der Waals surface area contributed by atoms with Crippen molar-refractivity contribution >= 4 is 21.6 Å². The highest BCUT2D eigenvalue weighted by atomic mass is 35.5. The standard InChI is InChI=1S/C18H21ClFN3O2S/c19-18-7-6-17(14-21-18)26(24,25)23-11-9-22(10-12-23)8-2-4-15-3-1-5-16(20)13-15/h1,3,5-7,13-14H,2,4,8-12H2. The second kappa shape index (κ2) is 8.43. The molecule has 2 heterocycles. The molecule has 0 atom stereocenters. The number of hydrogen-bond donors (Lipinski definition) is 0. The summed E-state index contributed by atoms with van der Waals surface area (Å²) in [5.41, 5.74) is 0.987. The SMILES string of the molecule is O=S(=O)(c1ccc(Cl)nc1)N1CCN(CCCc2cccc(F)c2)CC1. The number of aromatic nitrogens is 1. The fourth-order valence-electron chi connectivity index (χ4n) is 3.06. The molecule has 8 heteroatoms. The third kappa shape index (κ3) is 4.79. The van der Waals surface area contributed by atoms with Crippen LogP contribution in [0.15, 0.2) is 47.5 Å². The normalized spacial score (nSPS) is 16.7. The van der Waals surface area contributed by atoms with Gasteiger partial charge in [0.2, 0.25) is 10.0 Å². The highest BCUT2D eigenvalue weighted by Crippen LogP contribution is 2.18. The second-order valence-electron chi connectivity index (χ2n) is 6.30. The number of nitrogens with zero attached hydrogens (tertiary/aromatic N) is 3. The van der Waals surface area contributed by atoms with E-state index in [9.17, 15) is 12.8 Å². The highest BCUT2D eigenvalue weighted by molar-refractivity contribution is 7.89. The van der Waals surface area contributed by atoms with Crippen LogP contribution in [0.5, 0.6) is 0 Å². The third-order valence-electron chi connectivity index (χ3n) is 4.50. The molecular weight excluding hydrogens is 377 g/mol. The molecule has 1 fully saturated rings. The zero-order valence-corrected chi connectivity index (χ0v) is 15.9. The molecule has 1 aromatic heterocycles. The Balaban J connectivity index is 1.48. The maximum atomic E-state index is 13.2. The van der Waals surface area contributed by atoms with Crippen LogP contribution in [-0.2, 0) is 16.4 Å². The van der Waals surface area contributed by atoms with E-state index in [1.54, 1.807) is 12.1 Å². The van der Waals surface area contributed by atoms with E-state index in [2.05, 4.69) is 9.88 Å². The molecule has 0 unspecified atom stereocenters. The molecule has 2 aromatic rings. The molecule has 5 nitrogen and oxygen atoms in total. The van der Waals surface area contributed by atoms with Gasteiger partial charge in [-0.2, -0.15) is 4.31 Å². The Kier molecular flexibility index (Phi) is 6.24. The molecule has 0 radical (unpaired) electrons. The molecule has 1 aliphatic heterocycles. The van der Waals surface area contributed by atoms with E-state index in [4.69, 9.17) is 11.6 Å². The number of pyridine rings is 1. The number of sulfonamides is 1. The largest absolute Gasteiger partial charge is 0.301 e. The minimum Gasteiger partial charge on any atom is -0.301 e. The van der Waals surface area contributed by atoms with Gasteiger partial charge in [-0.05, 0) is 49.2 Å². The number of benzene rings is 1. The molecule has 26 heavy (non-hydrogen) atoms. The zero-order valence-electron chi connectivity index (χ0n) is 14.3. The summed E-state index contributed by atoms with van der Waals surface area (Å²) in [7, 11) is -3.53. The summed E-state index contributed by atoms with van der Waals surface area (Å²) in [5, 5.41) is 0.270. The first-order valence-corrected chi connectivity index (χ1v) is 10.4. The lowest BCUT2D eigenvalue weighted by Gasteiger charge is -2.33. The summed E-state index contributed by atoms with van der Waals surface area (Å²) in [6, 6.07) is 9.62. The molecule has 0 amide bonds. The molecule has 1 aromatic carbocycles. The maximum Gasteiger partial charge on any atom is 0.244 e. The van der Waals surface area contributed by atoms with Gasteiger partial charge in [-0.1, -0.05) is 23.7 Å². The summed E-state index contributed by atoms with van der Waals surface area (Å²) in [4.78, 5) is 6.26. The topological polar surface area (TPSA) is 53.5 Å². The Morgan fingerprint density at radius 3 is 2.54 bits per heavy atom. The van der Waals surface area contributed by atoms with E-state index >= 15 is 0 Å². The molecule has 0 aliphatic carbocycles. The quantitative estimate of drug-likeness (QED) is 0.703. The summed E-state index contributed by atoms with van der Waals surface area (Å²) < 4.78 is 39.9. The second-order valence-corrected chi connectivity index (χ2v) is 8.62. The van der Waals surface area contributed by atoms with Gasteiger partial charge in [0.1, 0.15) is 15.9 Å². The molecule has 0 spiro atoms. The van der Waals surface area contributed by atoms with Crippen LogP contribution in [0.3, 0.4) is 0 Å². The van der Waals surface area contributed by atoms with Gasteiger partial charge in [0.15, 0.2) is 0 Å². The van der Waals surface area contributed by atoms with E-state index in [1.165, 1.54) is 28.7 Å². The van der Waals surface area contributed by atoms with Crippen molar-refractivity contribution in [3.05, 3.63) is 59.1 Å². The van der Waals surface area contributed by atoms with Crippen LogP contribution in [0.4, 0.5) is 4.39 Å². The molecule has 1 saturated heterocycles. The van der Waals surface area contributed by atoms with Gasteiger partial charge in [0, 0.05) is 32.4 Å². The molecule has 0 bridgehead atoms. The van der Waals surface area contributed by atoms with Crippen LogP contribution in [0, 0.1) is 5.82 Å². The average Bonchev–Trinajstić information content (AvgIpc) is 2.63. The van der Waals surface area contributed by atoms with E-state index in [-0.39, 0.29) is 15.9 Å². The fraction of sp³-hybridized carbons (Fsp3) is 0.389. The van der Waals surface area contributed by atoms with Gasteiger partial charge >= 0.3 is 0 Å². The van der Waals surface area contributed by atoms with Crippen molar-refractivity contribution in [3.63, 3.8) is 0 Å². The minimum absolute atomic E-state index is 0.168. The average molecular weight is 398 g/mol. The first-order chi connectivity index (χ1) is 12.4.